The molecular formula is C15H8FNOS. The minimum atomic E-state index is -0.268. The second-order valence-corrected chi connectivity index (χ2v) is 5.31. The number of allylic oxidation sites excluding steroid dienone is 2. The van der Waals surface area contributed by atoms with Crippen molar-refractivity contribution < 1.29 is 9.13 Å². The summed E-state index contributed by atoms with van der Waals surface area (Å²) in [6.07, 6.45) is 12.0. The first kappa shape index (κ1) is 10.7. The molecule has 0 spiro atoms. The van der Waals surface area contributed by atoms with Gasteiger partial charge in [-0.05, 0) is 30.4 Å². The van der Waals surface area contributed by atoms with Crippen LogP contribution in [0.5, 0.6) is 5.75 Å². The van der Waals surface area contributed by atoms with Crippen molar-refractivity contribution in [1.82, 2.24) is 4.98 Å². The molecule has 2 aliphatic rings. The molecule has 1 aliphatic heterocycles. The van der Waals surface area contributed by atoms with E-state index in [1.165, 1.54) is 6.08 Å². The van der Waals surface area contributed by atoms with Gasteiger partial charge in [0, 0.05) is 32.9 Å². The Hall–Kier alpha value is -2.20. The Bertz CT molecular complexity index is 953. The normalized spacial score (nSPS) is 14.9. The van der Waals surface area contributed by atoms with Crippen LogP contribution < -0.4 is 14.5 Å². The Labute approximate surface area is 111 Å². The molecule has 0 fully saturated rings. The fourth-order valence-electron chi connectivity index (χ4n) is 2.29. The van der Waals surface area contributed by atoms with Crippen LogP contribution in [-0.2, 0) is 0 Å². The third-order valence-corrected chi connectivity index (χ3v) is 4.34. The number of aromatic nitrogens is 1. The van der Waals surface area contributed by atoms with Gasteiger partial charge in [0.2, 0.25) is 0 Å². The van der Waals surface area contributed by atoms with Crippen molar-refractivity contribution in [3.63, 3.8) is 0 Å². The number of halogens is 1. The molecule has 0 amide bonds. The summed E-state index contributed by atoms with van der Waals surface area (Å²) in [6, 6.07) is 1.84. The van der Waals surface area contributed by atoms with E-state index in [4.69, 9.17) is 4.74 Å². The molecule has 2 nitrogen and oxygen atoms in total. The van der Waals surface area contributed by atoms with Crippen molar-refractivity contribution >= 4 is 29.3 Å². The molecule has 2 aromatic heterocycles. The molecule has 2 aromatic rings. The topological polar surface area (TPSA) is 22.1 Å². The van der Waals surface area contributed by atoms with E-state index < -0.39 is 0 Å². The van der Waals surface area contributed by atoms with Gasteiger partial charge in [-0.3, -0.25) is 4.98 Å². The lowest BCUT2D eigenvalue weighted by Gasteiger charge is -2.01. The summed E-state index contributed by atoms with van der Waals surface area (Å²) in [6.45, 7) is 0. The molecule has 0 N–H and O–H groups in total. The van der Waals surface area contributed by atoms with Gasteiger partial charge in [-0.1, -0.05) is 0 Å². The average Bonchev–Trinajstić information content (AvgIpc) is 2.77. The van der Waals surface area contributed by atoms with Crippen LogP contribution in [-0.4, -0.2) is 4.98 Å². The fraction of sp³-hybridized carbons (Fsp3) is 0. The quantitative estimate of drug-likeness (QED) is 0.731. The third kappa shape index (κ3) is 1.50. The van der Waals surface area contributed by atoms with Crippen molar-refractivity contribution in [3.05, 3.63) is 61.9 Å². The zero-order chi connectivity index (χ0) is 12.8. The van der Waals surface area contributed by atoms with Crippen LogP contribution in [0.1, 0.15) is 5.56 Å². The number of hydrogen-bond acceptors (Lipinski definition) is 3. The second-order valence-electron chi connectivity index (χ2n) is 4.25. The van der Waals surface area contributed by atoms with Crippen LogP contribution in [0.2, 0.25) is 0 Å². The lowest BCUT2D eigenvalue weighted by Crippen LogP contribution is -2.05. The summed E-state index contributed by atoms with van der Waals surface area (Å²) in [4.78, 5) is 4.00. The van der Waals surface area contributed by atoms with Crippen LogP contribution in [0.25, 0.3) is 18.0 Å². The van der Waals surface area contributed by atoms with Crippen molar-refractivity contribution in [2.75, 3.05) is 0 Å². The van der Waals surface area contributed by atoms with Gasteiger partial charge < -0.3 is 4.74 Å². The van der Waals surface area contributed by atoms with Gasteiger partial charge in [0.25, 0.3) is 0 Å². The van der Waals surface area contributed by atoms with E-state index in [2.05, 4.69) is 4.98 Å². The highest BCUT2D eigenvalue weighted by Crippen LogP contribution is 2.26. The highest BCUT2D eigenvalue weighted by atomic mass is 32.1. The van der Waals surface area contributed by atoms with Gasteiger partial charge >= 0.3 is 0 Å². The first-order valence-corrected chi connectivity index (χ1v) is 6.65. The summed E-state index contributed by atoms with van der Waals surface area (Å²) >= 11 is 1.60. The zero-order valence-electron chi connectivity index (χ0n) is 9.76. The molecule has 3 heterocycles. The first-order valence-electron chi connectivity index (χ1n) is 5.83. The second kappa shape index (κ2) is 3.90. The number of rotatable bonds is 0. The molecule has 4 rings (SSSR count). The largest absolute Gasteiger partial charge is 0.463 e. The smallest absolute Gasteiger partial charge is 0.152 e. The monoisotopic (exact) mass is 269 g/mol. The van der Waals surface area contributed by atoms with Crippen LogP contribution in [0.15, 0.2) is 36.9 Å². The van der Waals surface area contributed by atoms with Crippen LogP contribution in [0.3, 0.4) is 0 Å². The predicted octanol–water partition coefficient (Wildman–Crippen LogP) is 2.22. The van der Waals surface area contributed by atoms with E-state index >= 15 is 0 Å². The summed E-state index contributed by atoms with van der Waals surface area (Å²) in [5, 5.41) is 1.40. The average molecular weight is 269 g/mol. The number of fused-ring (bicyclic) bond motifs is 4. The van der Waals surface area contributed by atoms with Gasteiger partial charge in [0.1, 0.15) is 5.83 Å². The van der Waals surface area contributed by atoms with Gasteiger partial charge in [-0.15, -0.1) is 11.3 Å². The fourth-order valence-corrected chi connectivity index (χ4v) is 3.47. The Balaban J connectivity index is 2.34. The molecule has 1 aliphatic carbocycles. The summed E-state index contributed by atoms with van der Waals surface area (Å²) in [5.74, 6) is 0.534. The molecule has 0 saturated carbocycles. The Kier molecular flexibility index (Phi) is 2.19. The summed E-state index contributed by atoms with van der Waals surface area (Å²) in [7, 11) is 0. The maximum atomic E-state index is 14.0. The lowest BCUT2D eigenvalue weighted by molar-refractivity contribution is 0.476. The number of pyridine rings is 1. The molecule has 0 aromatic carbocycles. The van der Waals surface area contributed by atoms with Crippen molar-refractivity contribution in [2.24, 2.45) is 0 Å². The highest BCUT2D eigenvalue weighted by molar-refractivity contribution is 7.08. The Morgan fingerprint density at radius 3 is 3.11 bits per heavy atom. The molecule has 4 heteroatoms. The number of hydrogen-bond donors (Lipinski definition) is 0. The standard InChI is InChI=1S/C15H8FNOS/c16-12-4-3-10-14-13(2-1-7-18-14)19-15(10)9-5-6-17-8-11(9)12/h1-8H. The van der Waals surface area contributed by atoms with Crippen molar-refractivity contribution in [3.8, 4) is 5.75 Å². The molecule has 0 saturated heterocycles. The van der Waals surface area contributed by atoms with E-state index in [-0.39, 0.29) is 5.83 Å². The number of ether oxygens (including phenoxy) is 1. The molecule has 0 atom stereocenters. The van der Waals surface area contributed by atoms with Crippen LogP contribution in [0.4, 0.5) is 4.39 Å². The minimum Gasteiger partial charge on any atom is -0.463 e. The van der Waals surface area contributed by atoms with Gasteiger partial charge in [0.15, 0.2) is 5.75 Å². The van der Waals surface area contributed by atoms with Crippen LogP contribution in [0, 0.1) is 9.75 Å². The van der Waals surface area contributed by atoms with E-state index in [9.17, 15) is 4.39 Å². The highest BCUT2D eigenvalue weighted by Gasteiger charge is 2.13. The minimum absolute atomic E-state index is 0.268. The molecular weight excluding hydrogens is 261 g/mol. The van der Waals surface area contributed by atoms with E-state index in [1.807, 2.05) is 18.2 Å². The molecule has 0 radical (unpaired) electrons. The van der Waals surface area contributed by atoms with Crippen LogP contribution >= 0.6 is 11.3 Å². The SMILES string of the molecule is FC1=c2cnccc2=c2sc3c(c2C=C1)OC=CC=3. The lowest BCUT2D eigenvalue weighted by atomic mass is 10.2. The third-order valence-electron chi connectivity index (χ3n) is 3.16. The Morgan fingerprint density at radius 2 is 2.16 bits per heavy atom. The molecule has 92 valence electrons. The van der Waals surface area contributed by atoms with E-state index in [0.717, 1.165) is 25.6 Å². The summed E-state index contributed by atoms with van der Waals surface area (Å²) in [5.41, 5.74) is 0.931. The maximum Gasteiger partial charge on any atom is 0.152 e. The number of nitrogens with zero attached hydrogens (tertiary/aromatic N) is 1. The number of thiophene rings is 1. The van der Waals surface area contributed by atoms with Crippen molar-refractivity contribution in [2.45, 2.75) is 0 Å². The zero-order valence-corrected chi connectivity index (χ0v) is 10.6. The van der Waals surface area contributed by atoms with Gasteiger partial charge in [0.05, 0.1) is 10.8 Å². The summed E-state index contributed by atoms with van der Waals surface area (Å²) < 4.78 is 21.7. The van der Waals surface area contributed by atoms with E-state index in [0.29, 0.717) is 5.22 Å². The van der Waals surface area contributed by atoms with Gasteiger partial charge in [-0.2, -0.15) is 0 Å². The maximum absolute atomic E-state index is 14.0. The van der Waals surface area contributed by atoms with E-state index in [1.54, 1.807) is 36.1 Å². The molecule has 0 bridgehead atoms. The Morgan fingerprint density at radius 1 is 1.21 bits per heavy atom. The molecule has 0 unspecified atom stereocenters. The predicted molar refractivity (Wildman–Crippen MR) is 73.3 cm³/mol. The molecule has 19 heavy (non-hydrogen) atoms. The van der Waals surface area contributed by atoms with Crippen molar-refractivity contribution in [1.29, 1.82) is 0 Å². The first-order chi connectivity index (χ1) is 9.34. The van der Waals surface area contributed by atoms with Gasteiger partial charge in [-0.25, -0.2) is 4.39 Å².